The summed E-state index contributed by atoms with van der Waals surface area (Å²) in [4.78, 5) is 0. The number of hydrogen-bond acceptors (Lipinski definition) is 0. The molecular weight excluding hydrogens is 380 g/mol. The Bertz CT molecular complexity index is 764. The summed E-state index contributed by atoms with van der Waals surface area (Å²) in [5, 5.41) is 0. The summed E-state index contributed by atoms with van der Waals surface area (Å²) in [6.07, 6.45) is 11.9. The fraction of sp³-hybridized carbons (Fsp3) is 0.360. The van der Waals surface area contributed by atoms with E-state index in [0.29, 0.717) is 5.92 Å². The molecule has 1 heteroatoms. The molecule has 1 saturated carbocycles. The van der Waals surface area contributed by atoms with Gasteiger partial charge in [0.1, 0.15) is 0 Å². The van der Waals surface area contributed by atoms with Crippen molar-refractivity contribution in [2.24, 2.45) is 5.92 Å². The minimum atomic E-state index is 0.685. The molecule has 26 heavy (non-hydrogen) atoms. The number of hydrogen-bond donors (Lipinski definition) is 0. The van der Waals surface area contributed by atoms with Crippen LogP contribution in [0.15, 0.2) is 65.2 Å². The molecule has 0 atom stereocenters. The van der Waals surface area contributed by atoms with Crippen molar-refractivity contribution in [3.8, 4) is 11.8 Å². The number of allylic oxidation sites excluding steroid dienone is 2. The van der Waals surface area contributed by atoms with Crippen molar-refractivity contribution in [2.75, 3.05) is 0 Å². The lowest BCUT2D eigenvalue weighted by molar-refractivity contribution is 0.376. The van der Waals surface area contributed by atoms with Crippen molar-refractivity contribution in [3.05, 3.63) is 81.8 Å². The number of aryl methyl sites for hydroxylation is 1. The van der Waals surface area contributed by atoms with Gasteiger partial charge < -0.3 is 0 Å². The Morgan fingerprint density at radius 2 is 1.65 bits per heavy atom. The summed E-state index contributed by atoms with van der Waals surface area (Å²) < 4.78 is 1.09. The summed E-state index contributed by atoms with van der Waals surface area (Å²) in [6, 6.07) is 17.5. The predicted octanol–water partition coefficient (Wildman–Crippen LogP) is 7.28. The Kier molecular flexibility index (Phi) is 7.15. The zero-order chi connectivity index (χ0) is 18.2. The van der Waals surface area contributed by atoms with Gasteiger partial charge in [-0.15, -0.1) is 0 Å². The zero-order valence-electron chi connectivity index (χ0n) is 15.5. The molecule has 0 heterocycles. The molecule has 1 aliphatic carbocycles. The van der Waals surface area contributed by atoms with Gasteiger partial charge in [-0.2, -0.15) is 0 Å². The molecule has 0 radical (unpaired) electrons. The van der Waals surface area contributed by atoms with Gasteiger partial charge in [0.25, 0.3) is 0 Å². The van der Waals surface area contributed by atoms with Crippen LogP contribution < -0.4 is 0 Å². The van der Waals surface area contributed by atoms with E-state index >= 15 is 0 Å². The Morgan fingerprint density at radius 1 is 0.962 bits per heavy atom. The summed E-state index contributed by atoms with van der Waals surface area (Å²) in [6.45, 7) is 2.24. The lowest BCUT2D eigenvalue weighted by Crippen LogP contribution is -2.11. The van der Waals surface area contributed by atoms with E-state index in [0.717, 1.165) is 16.0 Å². The molecule has 0 aliphatic heterocycles. The van der Waals surface area contributed by atoms with E-state index in [1.807, 2.05) is 30.3 Å². The average molecular weight is 407 g/mol. The van der Waals surface area contributed by atoms with Crippen LogP contribution in [0.25, 0.3) is 0 Å². The smallest absolute Gasteiger partial charge is 0.0249 e. The molecular formula is C25H27Br. The molecule has 3 rings (SSSR count). The first-order valence-electron chi connectivity index (χ1n) is 9.77. The third-order valence-electron chi connectivity index (χ3n) is 5.27. The second-order valence-electron chi connectivity index (χ2n) is 7.24. The van der Waals surface area contributed by atoms with E-state index < -0.39 is 0 Å². The zero-order valence-corrected chi connectivity index (χ0v) is 17.1. The minimum absolute atomic E-state index is 0.685. The largest absolute Gasteiger partial charge is 0.0730 e. The molecule has 0 N–H and O–H groups in total. The van der Waals surface area contributed by atoms with Gasteiger partial charge in [0, 0.05) is 10.0 Å². The Balaban J connectivity index is 1.48. The van der Waals surface area contributed by atoms with E-state index in [-0.39, 0.29) is 0 Å². The average Bonchev–Trinajstić information content (AvgIpc) is 2.68. The van der Waals surface area contributed by atoms with Gasteiger partial charge in [-0.25, -0.2) is 0 Å². The summed E-state index contributed by atoms with van der Waals surface area (Å²) >= 11 is 3.45. The van der Waals surface area contributed by atoms with Crippen LogP contribution in [0.1, 0.15) is 61.6 Å². The van der Waals surface area contributed by atoms with Crippen molar-refractivity contribution in [2.45, 2.75) is 51.4 Å². The summed E-state index contributed by atoms with van der Waals surface area (Å²) in [5.41, 5.74) is 4.06. The highest BCUT2D eigenvalue weighted by atomic mass is 79.9. The Morgan fingerprint density at radius 3 is 2.31 bits per heavy atom. The maximum absolute atomic E-state index is 3.45. The molecule has 2 aromatic rings. The van der Waals surface area contributed by atoms with E-state index in [2.05, 4.69) is 65.0 Å². The van der Waals surface area contributed by atoms with Gasteiger partial charge in [-0.1, -0.05) is 71.5 Å². The molecule has 0 bridgehead atoms. The molecule has 2 aromatic carbocycles. The Labute approximate surface area is 166 Å². The van der Waals surface area contributed by atoms with Gasteiger partial charge in [0.05, 0.1) is 0 Å². The first-order chi connectivity index (χ1) is 12.7. The molecule has 0 saturated heterocycles. The molecule has 0 nitrogen and oxygen atoms in total. The lowest BCUT2D eigenvalue weighted by atomic mass is 9.78. The van der Waals surface area contributed by atoms with Gasteiger partial charge in [-0.3, -0.25) is 0 Å². The van der Waals surface area contributed by atoms with Crippen LogP contribution in [0.2, 0.25) is 0 Å². The van der Waals surface area contributed by atoms with Gasteiger partial charge >= 0.3 is 0 Å². The van der Waals surface area contributed by atoms with Crippen LogP contribution in [0.3, 0.4) is 0 Å². The minimum Gasteiger partial charge on any atom is -0.0730 e. The normalized spacial score (nSPS) is 19.9. The second-order valence-corrected chi connectivity index (χ2v) is 8.15. The van der Waals surface area contributed by atoms with Crippen molar-refractivity contribution in [3.63, 3.8) is 0 Å². The maximum atomic E-state index is 3.45. The van der Waals surface area contributed by atoms with Gasteiger partial charge in [0.2, 0.25) is 0 Å². The third kappa shape index (κ3) is 5.61. The standard InChI is InChI=1S/C25H27Br/c1-2-5-20-8-14-23(15-9-20)24-16-10-21(11-17-24)6-3-4-7-22-12-18-25(26)19-13-22/h3,6,8-9,12-15,18-19,21,24H,2,5,10-11,16-17H2,1H3/b6-3+/t21-,24-. The quantitative estimate of drug-likeness (QED) is 0.467. The van der Waals surface area contributed by atoms with E-state index in [1.54, 1.807) is 0 Å². The molecule has 0 amide bonds. The lowest BCUT2D eigenvalue weighted by Gasteiger charge is -2.27. The van der Waals surface area contributed by atoms with Crippen LogP contribution in [-0.2, 0) is 6.42 Å². The highest BCUT2D eigenvalue weighted by Crippen LogP contribution is 2.36. The van der Waals surface area contributed by atoms with Crippen molar-refractivity contribution >= 4 is 15.9 Å². The number of halogens is 1. The van der Waals surface area contributed by atoms with Gasteiger partial charge in [-0.05, 0) is 85.4 Å². The van der Waals surface area contributed by atoms with Crippen molar-refractivity contribution in [1.82, 2.24) is 0 Å². The molecule has 0 spiro atoms. The van der Waals surface area contributed by atoms with Crippen LogP contribution in [-0.4, -0.2) is 0 Å². The second kappa shape index (κ2) is 9.79. The van der Waals surface area contributed by atoms with E-state index in [4.69, 9.17) is 0 Å². The monoisotopic (exact) mass is 406 g/mol. The van der Waals surface area contributed by atoms with Gasteiger partial charge in [0.15, 0.2) is 0 Å². The number of rotatable bonds is 4. The van der Waals surface area contributed by atoms with Crippen LogP contribution in [0, 0.1) is 17.8 Å². The summed E-state index contributed by atoms with van der Waals surface area (Å²) in [7, 11) is 0. The topological polar surface area (TPSA) is 0 Å². The molecule has 134 valence electrons. The first-order valence-corrected chi connectivity index (χ1v) is 10.6. The molecule has 0 unspecified atom stereocenters. The molecule has 0 aromatic heterocycles. The van der Waals surface area contributed by atoms with Crippen molar-refractivity contribution < 1.29 is 0 Å². The first kappa shape index (κ1) is 19.0. The van der Waals surface area contributed by atoms with E-state index in [1.165, 1.54) is 49.7 Å². The van der Waals surface area contributed by atoms with Crippen LogP contribution in [0.4, 0.5) is 0 Å². The SMILES string of the molecule is CCCc1ccc([C@H]2CC[C@H](/C=C/C#Cc3ccc(Br)cc3)CC2)cc1. The third-order valence-corrected chi connectivity index (χ3v) is 5.80. The highest BCUT2D eigenvalue weighted by molar-refractivity contribution is 9.10. The summed E-state index contributed by atoms with van der Waals surface area (Å²) in [5.74, 6) is 7.81. The van der Waals surface area contributed by atoms with Crippen molar-refractivity contribution in [1.29, 1.82) is 0 Å². The predicted molar refractivity (Wildman–Crippen MR) is 115 cm³/mol. The molecule has 1 aliphatic rings. The Hall–Kier alpha value is -1.78. The highest BCUT2D eigenvalue weighted by Gasteiger charge is 2.20. The molecule has 1 fully saturated rings. The van der Waals surface area contributed by atoms with Crippen LogP contribution in [0.5, 0.6) is 0 Å². The van der Waals surface area contributed by atoms with E-state index in [9.17, 15) is 0 Å². The van der Waals surface area contributed by atoms with Crippen LogP contribution >= 0.6 is 15.9 Å². The maximum Gasteiger partial charge on any atom is 0.0249 e. The fourth-order valence-electron chi connectivity index (χ4n) is 3.73. The fourth-order valence-corrected chi connectivity index (χ4v) is 4.00. The number of benzene rings is 2.